The summed E-state index contributed by atoms with van der Waals surface area (Å²) in [5.41, 5.74) is 0. The molecular formula is C15H20O10. The molecule has 0 unspecified atom stereocenters. The first-order chi connectivity index (χ1) is 11.8. The minimum absolute atomic E-state index is 0.967. The third-order valence-corrected chi connectivity index (χ3v) is 4.30. The van der Waals surface area contributed by atoms with Gasteiger partial charge in [0.25, 0.3) is 0 Å². The molecule has 0 radical (unpaired) electrons. The highest BCUT2D eigenvalue weighted by atomic mass is 16.5. The van der Waals surface area contributed by atoms with Crippen molar-refractivity contribution < 1.29 is 47.7 Å². The van der Waals surface area contributed by atoms with Crippen LogP contribution in [0, 0.1) is 29.6 Å². The van der Waals surface area contributed by atoms with E-state index in [0.29, 0.717) is 0 Å². The number of carbonyl (C=O) groups excluding carboxylic acids is 5. The van der Waals surface area contributed by atoms with Crippen LogP contribution in [-0.4, -0.2) is 65.4 Å². The van der Waals surface area contributed by atoms with Crippen molar-refractivity contribution in [3.05, 3.63) is 0 Å². The van der Waals surface area contributed by atoms with Gasteiger partial charge in [-0.25, -0.2) is 0 Å². The molecule has 10 nitrogen and oxygen atoms in total. The number of hydrogen-bond donors (Lipinski definition) is 0. The van der Waals surface area contributed by atoms with Gasteiger partial charge in [-0.05, 0) is 0 Å². The number of hydrogen-bond acceptors (Lipinski definition) is 10. The Hall–Kier alpha value is -2.65. The maximum absolute atomic E-state index is 12.2. The summed E-state index contributed by atoms with van der Waals surface area (Å²) in [6.07, 6.45) is 0. The molecule has 0 bridgehead atoms. The molecule has 0 N–H and O–H groups in total. The molecule has 0 amide bonds. The molecule has 0 atom stereocenters. The molecule has 0 aromatic carbocycles. The van der Waals surface area contributed by atoms with Gasteiger partial charge in [-0.3, -0.25) is 24.0 Å². The van der Waals surface area contributed by atoms with E-state index >= 15 is 0 Å². The van der Waals surface area contributed by atoms with Crippen molar-refractivity contribution in [3.8, 4) is 0 Å². The smallest absolute Gasteiger partial charge is 0.310 e. The highest BCUT2D eigenvalue weighted by Crippen LogP contribution is 2.49. The van der Waals surface area contributed by atoms with Crippen molar-refractivity contribution in [2.45, 2.75) is 0 Å². The predicted molar refractivity (Wildman–Crippen MR) is 77.5 cm³/mol. The zero-order valence-corrected chi connectivity index (χ0v) is 14.5. The Morgan fingerprint density at radius 1 is 0.400 bits per heavy atom. The van der Waals surface area contributed by atoms with Crippen molar-refractivity contribution in [1.82, 2.24) is 0 Å². The molecule has 1 aliphatic carbocycles. The first-order valence-corrected chi connectivity index (χ1v) is 7.19. The van der Waals surface area contributed by atoms with E-state index in [0.717, 1.165) is 35.5 Å². The normalized spacial score (nSPS) is 27.8. The van der Waals surface area contributed by atoms with Crippen molar-refractivity contribution in [1.29, 1.82) is 0 Å². The Kier molecular flexibility index (Phi) is 6.89. The van der Waals surface area contributed by atoms with E-state index in [1.807, 2.05) is 0 Å². The lowest BCUT2D eigenvalue weighted by Gasteiger charge is -2.20. The number of rotatable bonds is 5. The summed E-state index contributed by atoms with van der Waals surface area (Å²) in [7, 11) is 5.23. The highest BCUT2D eigenvalue weighted by Gasteiger charge is 2.65. The average molecular weight is 360 g/mol. The summed E-state index contributed by atoms with van der Waals surface area (Å²) < 4.78 is 23.2. The molecule has 140 valence electrons. The van der Waals surface area contributed by atoms with Gasteiger partial charge in [-0.15, -0.1) is 0 Å². The van der Waals surface area contributed by atoms with Crippen LogP contribution >= 0.6 is 0 Å². The van der Waals surface area contributed by atoms with Crippen molar-refractivity contribution in [2.24, 2.45) is 29.6 Å². The Balaban J connectivity index is 3.65. The number of esters is 5. The van der Waals surface area contributed by atoms with Crippen LogP contribution in [0.4, 0.5) is 0 Å². The highest BCUT2D eigenvalue weighted by molar-refractivity contribution is 5.97. The Morgan fingerprint density at radius 3 is 0.600 bits per heavy atom. The quantitative estimate of drug-likeness (QED) is 0.442. The molecule has 0 aromatic rings. The van der Waals surface area contributed by atoms with Crippen molar-refractivity contribution in [2.75, 3.05) is 35.5 Å². The Bertz CT molecular complexity index is 443. The fourth-order valence-electron chi connectivity index (χ4n) is 3.26. The zero-order valence-electron chi connectivity index (χ0n) is 14.5. The van der Waals surface area contributed by atoms with Crippen LogP contribution in [-0.2, 0) is 47.7 Å². The van der Waals surface area contributed by atoms with Gasteiger partial charge in [0.15, 0.2) is 0 Å². The largest absolute Gasteiger partial charge is 0.469 e. The van der Waals surface area contributed by atoms with Crippen LogP contribution in [0.1, 0.15) is 0 Å². The van der Waals surface area contributed by atoms with Crippen LogP contribution in [0.3, 0.4) is 0 Å². The summed E-state index contributed by atoms with van der Waals surface area (Å²) >= 11 is 0. The van der Waals surface area contributed by atoms with E-state index in [4.69, 9.17) is 0 Å². The summed E-state index contributed by atoms with van der Waals surface area (Å²) in [6.45, 7) is 0. The van der Waals surface area contributed by atoms with Crippen LogP contribution in [0.2, 0.25) is 0 Å². The molecular weight excluding hydrogens is 340 g/mol. The average Bonchev–Trinajstić information content (AvgIpc) is 3.00. The van der Waals surface area contributed by atoms with Gasteiger partial charge in [-0.1, -0.05) is 0 Å². The summed E-state index contributed by atoms with van der Waals surface area (Å²) in [6, 6.07) is 0. The SMILES string of the molecule is COC(=O)C1C(C(=O)OC)C(C(=O)OC)C(C(=O)OC)C1C(=O)OC. The van der Waals surface area contributed by atoms with E-state index in [1.165, 1.54) is 0 Å². The van der Waals surface area contributed by atoms with Crippen LogP contribution < -0.4 is 0 Å². The van der Waals surface area contributed by atoms with Gasteiger partial charge in [0.05, 0.1) is 65.1 Å². The molecule has 10 heteroatoms. The van der Waals surface area contributed by atoms with Gasteiger partial charge in [0, 0.05) is 0 Å². The molecule has 1 aliphatic rings. The molecule has 0 saturated heterocycles. The standard InChI is InChI=1S/C15H20O10/c1-21-11(16)6-7(12(17)22-2)9(14(19)24-4)10(15(20)25-5)8(6)13(18)23-3/h6-10H,1-5H3. The maximum atomic E-state index is 12.2. The molecule has 0 aliphatic heterocycles. The number of carbonyl (C=O) groups is 5. The number of ether oxygens (including phenoxy) is 5. The van der Waals surface area contributed by atoms with Crippen molar-refractivity contribution in [3.63, 3.8) is 0 Å². The van der Waals surface area contributed by atoms with Gasteiger partial charge < -0.3 is 23.7 Å². The minimum Gasteiger partial charge on any atom is -0.469 e. The first kappa shape index (κ1) is 20.4. The Morgan fingerprint density at radius 2 is 0.520 bits per heavy atom. The molecule has 25 heavy (non-hydrogen) atoms. The molecule has 0 heterocycles. The lowest BCUT2D eigenvalue weighted by molar-refractivity contribution is -0.164. The molecule has 0 aromatic heterocycles. The summed E-state index contributed by atoms with van der Waals surface area (Å²) in [5, 5.41) is 0. The van der Waals surface area contributed by atoms with E-state index in [9.17, 15) is 24.0 Å². The molecule has 0 spiro atoms. The molecule has 1 saturated carbocycles. The summed E-state index contributed by atoms with van der Waals surface area (Å²) in [5.74, 6) is -12.2. The van der Waals surface area contributed by atoms with E-state index in [1.54, 1.807) is 0 Å². The lowest BCUT2D eigenvalue weighted by Crippen LogP contribution is -2.37. The first-order valence-electron chi connectivity index (χ1n) is 7.19. The van der Waals surface area contributed by atoms with Gasteiger partial charge in [0.1, 0.15) is 0 Å². The van der Waals surface area contributed by atoms with Crippen molar-refractivity contribution >= 4 is 29.8 Å². The summed E-state index contributed by atoms with van der Waals surface area (Å²) in [4.78, 5) is 61.2. The third kappa shape index (κ3) is 3.57. The third-order valence-electron chi connectivity index (χ3n) is 4.30. The molecule has 1 fully saturated rings. The van der Waals surface area contributed by atoms with Crippen LogP contribution in [0.5, 0.6) is 0 Å². The fourth-order valence-corrected chi connectivity index (χ4v) is 3.26. The second-order valence-electron chi connectivity index (χ2n) is 5.24. The predicted octanol–water partition coefficient (Wildman–Crippen LogP) is -1.05. The van der Waals surface area contributed by atoms with Gasteiger partial charge in [-0.2, -0.15) is 0 Å². The Labute approximate surface area is 143 Å². The van der Waals surface area contributed by atoms with Crippen LogP contribution in [0.15, 0.2) is 0 Å². The topological polar surface area (TPSA) is 132 Å². The van der Waals surface area contributed by atoms with Gasteiger partial charge >= 0.3 is 29.8 Å². The van der Waals surface area contributed by atoms with Crippen LogP contribution in [0.25, 0.3) is 0 Å². The zero-order chi connectivity index (χ0) is 19.3. The van der Waals surface area contributed by atoms with E-state index in [2.05, 4.69) is 23.7 Å². The maximum Gasteiger partial charge on any atom is 0.310 e. The number of methoxy groups -OCH3 is 5. The minimum atomic E-state index is -1.47. The molecule has 1 rings (SSSR count). The second kappa shape index (κ2) is 8.45. The van der Waals surface area contributed by atoms with E-state index in [-0.39, 0.29) is 0 Å². The monoisotopic (exact) mass is 360 g/mol. The van der Waals surface area contributed by atoms with Gasteiger partial charge in [0.2, 0.25) is 0 Å². The van der Waals surface area contributed by atoms with E-state index < -0.39 is 59.4 Å². The second-order valence-corrected chi connectivity index (χ2v) is 5.24. The lowest BCUT2D eigenvalue weighted by atomic mass is 9.86. The fraction of sp³-hybridized carbons (Fsp3) is 0.667.